The molecule has 0 fully saturated rings. The van der Waals surface area contributed by atoms with Crippen LogP contribution in [0.1, 0.15) is 15.9 Å². The smallest absolute Gasteiger partial charge is 0.423 e. The van der Waals surface area contributed by atoms with E-state index in [-0.39, 0.29) is 23.6 Å². The SMILES string of the molecule is Cn1cc2c(C(N)=O)cccc2c1-c1ncc(B(O)O)c(NCc2cccc(F)c2)n1. The molecule has 0 bridgehead atoms. The number of anilines is 1. The van der Waals surface area contributed by atoms with Gasteiger partial charge < -0.3 is 25.7 Å². The third-order valence-corrected chi connectivity index (χ3v) is 4.96. The number of nitrogens with zero attached hydrogens (tertiary/aromatic N) is 3. The lowest BCUT2D eigenvalue weighted by atomic mass is 9.81. The van der Waals surface area contributed by atoms with Crippen LogP contribution >= 0.6 is 0 Å². The van der Waals surface area contributed by atoms with Crippen LogP contribution < -0.4 is 16.5 Å². The second kappa shape index (κ2) is 8.17. The molecule has 0 unspecified atom stereocenters. The molecule has 0 aliphatic carbocycles. The standard InChI is InChI=1S/C21H19BFN5O3/c1-28-11-16-14(6-3-7-15(16)19(24)29)18(28)21-26-10-17(22(30)31)20(27-21)25-9-12-4-2-5-13(23)8-12/h2-8,10-11,30-31H,9H2,1H3,(H2,24,29)(H,25,26,27). The molecule has 2 aromatic heterocycles. The Hall–Kier alpha value is -3.76. The minimum atomic E-state index is -1.80. The zero-order valence-electron chi connectivity index (χ0n) is 16.6. The fraction of sp³-hybridized carbons (Fsp3) is 0.0952. The van der Waals surface area contributed by atoms with Gasteiger partial charge in [0, 0.05) is 47.8 Å². The van der Waals surface area contributed by atoms with Gasteiger partial charge in [-0.05, 0) is 23.8 Å². The fourth-order valence-electron chi connectivity index (χ4n) is 3.52. The number of nitrogens with one attached hydrogen (secondary N) is 1. The fourth-order valence-corrected chi connectivity index (χ4v) is 3.52. The van der Waals surface area contributed by atoms with Crippen molar-refractivity contribution >= 4 is 35.1 Å². The number of fused-ring (bicyclic) bond motifs is 1. The number of hydrogen-bond donors (Lipinski definition) is 4. The second-order valence-corrected chi connectivity index (χ2v) is 7.07. The average Bonchev–Trinajstić information content (AvgIpc) is 3.07. The Morgan fingerprint density at radius 1 is 1.23 bits per heavy atom. The quantitative estimate of drug-likeness (QED) is 0.348. The summed E-state index contributed by atoms with van der Waals surface area (Å²) in [5.74, 6) is -0.402. The van der Waals surface area contributed by atoms with Crippen molar-refractivity contribution in [2.75, 3.05) is 5.32 Å². The maximum Gasteiger partial charge on any atom is 0.493 e. The van der Waals surface area contributed by atoms with Crippen molar-refractivity contribution < 1.29 is 19.2 Å². The molecule has 2 aromatic carbocycles. The number of rotatable bonds is 6. The van der Waals surface area contributed by atoms with Crippen molar-refractivity contribution in [1.29, 1.82) is 0 Å². The topological polar surface area (TPSA) is 126 Å². The molecule has 0 saturated carbocycles. The highest BCUT2D eigenvalue weighted by Crippen LogP contribution is 2.30. The van der Waals surface area contributed by atoms with Crippen molar-refractivity contribution in [3.63, 3.8) is 0 Å². The van der Waals surface area contributed by atoms with Gasteiger partial charge in [-0.1, -0.05) is 24.3 Å². The lowest BCUT2D eigenvalue weighted by molar-refractivity contribution is 0.100. The number of nitrogens with two attached hydrogens (primary N) is 1. The molecule has 0 spiro atoms. The van der Waals surface area contributed by atoms with Gasteiger partial charge in [0.25, 0.3) is 0 Å². The molecule has 5 N–H and O–H groups in total. The van der Waals surface area contributed by atoms with Gasteiger partial charge in [-0.15, -0.1) is 0 Å². The Bertz CT molecular complexity index is 1290. The molecular weight excluding hydrogens is 400 g/mol. The van der Waals surface area contributed by atoms with Crippen LogP contribution in [0.4, 0.5) is 10.2 Å². The highest BCUT2D eigenvalue weighted by atomic mass is 19.1. The van der Waals surface area contributed by atoms with Gasteiger partial charge in [-0.25, -0.2) is 14.4 Å². The van der Waals surface area contributed by atoms with Gasteiger partial charge in [0.1, 0.15) is 11.6 Å². The van der Waals surface area contributed by atoms with E-state index in [0.29, 0.717) is 28.0 Å². The summed E-state index contributed by atoms with van der Waals surface area (Å²) in [6, 6.07) is 11.2. The van der Waals surface area contributed by atoms with Crippen LogP contribution in [-0.2, 0) is 13.6 Å². The van der Waals surface area contributed by atoms with Crippen LogP contribution in [0.5, 0.6) is 0 Å². The Labute approximate surface area is 177 Å². The number of benzene rings is 2. The van der Waals surface area contributed by atoms with E-state index in [2.05, 4.69) is 15.3 Å². The van der Waals surface area contributed by atoms with Crippen molar-refractivity contribution in [2.24, 2.45) is 12.8 Å². The van der Waals surface area contributed by atoms with Crippen molar-refractivity contribution in [2.45, 2.75) is 6.54 Å². The molecule has 4 aromatic rings. The normalized spacial score (nSPS) is 11.0. The first kappa shape index (κ1) is 20.5. The number of carbonyl (C=O) groups excluding carboxylic acids is 1. The summed E-state index contributed by atoms with van der Waals surface area (Å²) in [4.78, 5) is 20.6. The Morgan fingerprint density at radius 3 is 2.71 bits per heavy atom. The van der Waals surface area contributed by atoms with Gasteiger partial charge in [-0.2, -0.15) is 0 Å². The Kier molecular flexibility index (Phi) is 5.41. The van der Waals surface area contributed by atoms with E-state index >= 15 is 0 Å². The monoisotopic (exact) mass is 419 g/mol. The molecule has 2 heterocycles. The predicted molar refractivity (Wildman–Crippen MR) is 116 cm³/mol. The maximum absolute atomic E-state index is 13.5. The molecule has 0 aliphatic heterocycles. The number of amides is 1. The van der Waals surface area contributed by atoms with Gasteiger partial charge >= 0.3 is 7.12 Å². The summed E-state index contributed by atoms with van der Waals surface area (Å²) in [5, 5.41) is 23.8. The van der Waals surface area contributed by atoms with Gasteiger partial charge in [-0.3, -0.25) is 4.79 Å². The molecular formula is C21H19BFN5O3. The molecule has 1 amide bonds. The minimum absolute atomic E-state index is 0.0801. The first-order chi connectivity index (χ1) is 14.8. The molecule has 31 heavy (non-hydrogen) atoms. The molecule has 4 rings (SSSR count). The van der Waals surface area contributed by atoms with Crippen molar-refractivity contribution in [3.05, 3.63) is 71.8 Å². The molecule has 156 valence electrons. The summed E-state index contributed by atoms with van der Waals surface area (Å²) in [6.45, 7) is 0.216. The summed E-state index contributed by atoms with van der Waals surface area (Å²) >= 11 is 0. The van der Waals surface area contributed by atoms with Crippen molar-refractivity contribution in [1.82, 2.24) is 14.5 Å². The number of aryl methyl sites for hydroxylation is 1. The molecule has 10 heteroatoms. The molecule has 0 aliphatic rings. The van der Waals surface area contributed by atoms with Crippen LogP contribution in [0.3, 0.4) is 0 Å². The van der Waals surface area contributed by atoms with E-state index in [1.165, 1.54) is 18.3 Å². The third-order valence-electron chi connectivity index (χ3n) is 4.96. The van der Waals surface area contributed by atoms with E-state index < -0.39 is 13.0 Å². The second-order valence-electron chi connectivity index (χ2n) is 7.07. The van der Waals surface area contributed by atoms with Crippen LogP contribution in [0.25, 0.3) is 22.3 Å². The first-order valence-corrected chi connectivity index (χ1v) is 9.44. The van der Waals surface area contributed by atoms with Crippen LogP contribution in [0, 0.1) is 5.82 Å². The lowest BCUT2D eigenvalue weighted by Crippen LogP contribution is -2.34. The summed E-state index contributed by atoms with van der Waals surface area (Å²) < 4.78 is 15.2. The van der Waals surface area contributed by atoms with Crippen molar-refractivity contribution in [3.8, 4) is 11.5 Å². The number of halogens is 1. The van der Waals surface area contributed by atoms with Gasteiger partial charge in [0.05, 0.1) is 5.69 Å². The summed E-state index contributed by atoms with van der Waals surface area (Å²) in [6.07, 6.45) is 3.08. The molecule has 0 radical (unpaired) electrons. The lowest BCUT2D eigenvalue weighted by Gasteiger charge is -2.13. The summed E-state index contributed by atoms with van der Waals surface area (Å²) in [7, 11) is -0.00587. The molecule has 0 saturated heterocycles. The van der Waals surface area contributed by atoms with E-state index in [0.717, 1.165) is 5.39 Å². The molecule has 8 nitrogen and oxygen atoms in total. The largest absolute Gasteiger partial charge is 0.493 e. The van der Waals surface area contributed by atoms with Gasteiger partial charge in [0.2, 0.25) is 5.91 Å². The molecule has 0 atom stereocenters. The third kappa shape index (κ3) is 3.98. The number of aromatic nitrogens is 3. The minimum Gasteiger partial charge on any atom is -0.423 e. The zero-order chi connectivity index (χ0) is 22.1. The zero-order valence-corrected chi connectivity index (χ0v) is 16.6. The summed E-state index contributed by atoms with van der Waals surface area (Å²) in [5.41, 5.74) is 7.24. The maximum atomic E-state index is 13.5. The van der Waals surface area contributed by atoms with Gasteiger partial charge in [0.15, 0.2) is 5.82 Å². The number of carbonyl (C=O) groups is 1. The van der Waals surface area contributed by atoms with E-state index in [1.807, 2.05) is 6.07 Å². The number of primary amides is 1. The Morgan fingerprint density at radius 2 is 2.00 bits per heavy atom. The van der Waals surface area contributed by atoms with E-state index in [4.69, 9.17) is 5.73 Å². The highest BCUT2D eigenvalue weighted by molar-refractivity contribution is 6.60. The van der Waals surface area contributed by atoms with Crippen LogP contribution in [-0.4, -0.2) is 37.6 Å². The van der Waals surface area contributed by atoms with E-state index in [1.54, 1.807) is 42.1 Å². The number of hydrogen-bond acceptors (Lipinski definition) is 6. The predicted octanol–water partition coefficient (Wildman–Crippen LogP) is 1.17. The first-order valence-electron chi connectivity index (χ1n) is 9.44. The average molecular weight is 419 g/mol. The Balaban J connectivity index is 1.78. The van der Waals surface area contributed by atoms with Crippen LogP contribution in [0.2, 0.25) is 0 Å². The van der Waals surface area contributed by atoms with Crippen LogP contribution in [0.15, 0.2) is 54.9 Å². The highest BCUT2D eigenvalue weighted by Gasteiger charge is 2.22. The van der Waals surface area contributed by atoms with E-state index in [9.17, 15) is 19.2 Å².